The average Bonchev–Trinajstić information content (AvgIpc) is 3.61. The molecule has 0 saturated carbocycles. The number of hydrogen-bond donors (Lipinski definition) is 0. The molecule has 0 heterocycles. The van der Waals surface area contributed by atoms with Crippen LogP contribution < -0.4 is 9.80 Å². The summed E-state index contributed by atoms with van der Waals surface area (Å²) in [6, 6.07) is 88.6. The molecule has 59 heavy (non-hydrogen) atoms. The van der Waals surface area contributed by atoms with Gasteiger partial charge in [-0.1, -0.05) is 182 Å². The van der Waals surface area contributed by atoms with Crippen LogP contribution in [0.5, 0.6) is 0 Å². The second-order valence-electron chi connectivity index (χ2n) is 15.3. The smallest absolute Gasteiger partial charge is 0.0715 e. The fourth-order valence-corrected chi connectivity index (χ4v) is 9.63. The molecule has 0 atom stereocenters. The van der Waals surface area contributed by atoms with E-state index >= 15 is 0 Å². The molecule has 278 valence electrons. The fourth-order valence-electron chi connectivity index (χ4n) is 9.63. The minimum atomic E-state index is -0.651. The SMILES string of the molecule is c1ccc(N(c2ccccc2)c2ccc3c(c2)C(c2ccccc2)(c2ccccc2)c2cc(N(c4ccccc4)c4cccc5ccccc45)c4ccccc4c2-3)cc1. The van der Waals surface area contributed by atoms with Crippen molar-refractivity contribution >= 4 is 55.7 Å². The van der Waals surface area contributed by atoms with E-state index in [1.807, 2.05) is 0 Å². The standard InChI is InChI=1S/C57H40N2/c1-6-23-42(24-7-1)57(43-25-8-2-9-26-43)52-39-47(58(44-27-10-3-11-28-44)45-29-12-4-13-30-45)37-38-51(52)56-50-35-19-18-34-49(50)55(40-53(56)57)59(46-31-14-5-15-32-46)54-36-20-22-41-21-16-17-33-48(41)54/h1-40H. The zero-order valence-corrected chi connectivity index (χ0v) is 32.5. The third-order valence-corrected chi connectivity index (χ3v) is 12.1. The van der Waals surface area contributed by atoms with Crippen LogP contribution in [0, 0.1) is 0 Å². The number of hydrogen-bond acceptors (Lipinski definition) is 2. The van der Waals surface area contributed by atoms with Crippen LogP contribution in [0.4, 0.5) is 34.1 Å². The Kier molecular flexibility index (Phi) is 8.41. The van der Waals surface area contributed by atoms with Gasteiger partial charge in [-0.05, 0) is 105 Å². The highest BCUT2D eigenvalue weighted by Gasteiger charge is 2.48. The van der Waals surface area contributed by atoms with Crippen LogP contribution in [0.15, 0.2) is 243 Å². The van der Waals surface area contributed by atoms with Gasteiger partial charge in [0.2, 0.25) is 0 Å². The van der Waals surface area contributed by atoms with Crippen molar-refractivity contribution in [3.05, 3.63) is 265 Å². The van der Waals surface area contributed by atoms with E-state index in [-0.39, 0.29) is 0 Å². The molecule has 2 heteroatoms. The van der Waals surface area contributed by atoms with E-state index in [0.29, 0.717) is 0 Å². The molecule has 1 aliphatic rings. The molecule has 0 spiro atoms. The Hall–Kier alpha value is -7.68. The van der Waals surface area contributed by atoms with Crippen LogP contribution in [-0.2, 0) is 5.41 Å². The van der Waals surface area contributed by atoms with E-state index in [2.05, 4.69) is 252 Å². The van der Waals surface area contributed by atoms with Gasteiger partial charge in [-0.2, -0.15) is 0 Å². The largest absolute Gasteiger partial charge is 0.310 e. The molecule has 0 saturated heterocycles. The lowest BCUT2D eigenvalue weighted by atomic mass is 9.67. The number of para-hydroxylation sites is 3. The highest BCUT2D eigenvalue weighted by molar-refractivity contribution is 6.12. The predicted octanol–water partition coefficient (Wildman–Crippen LogP) is 15.3. The minimum absolute atomic E-state index is 0.651. The highest BCUT2D eigenvalue weighted by atomic mass is 15.1. The topological polar surface area (TPSA) is 6.48 Å². The van der Waals surface area contributed by atoms with Gasteiger partial charge in [0.1, 0.15) is 0 Å². The fraction of sp³-hybridized carbons (Fsp3) is 0.0175. The van der Waals surface area contributed by atoms with Crippen molar-refractivity contribution in [3.8, 4) is 11.1 Å². The van der Waals surface area contributed by atoms with Gasteiger partial charge in [-0.25, -0.2) is 0 Å². The second-order valence-corrected chi connectivity index (χ2v) is 15.3. The first-order valence-corrected chi connectivity index (χ1v) is 20.4. The van der Waals surface area contributed by atoms with Crippen LogP contribution in [0.3, 0.4) is 0 Å². The van der Waals surface area contributed by atoms with E-state index in [9.17, 15) is 0 Å². The van der Waals surface area contributed by atoms with Crippen LogP contribution in [0.2, 0.25) is 0 Å². The summed E-state index contributed by atoms with van der Waals surface area (Å²) in [5, 5.41) is 4.84. The van der Waals surface area contributed by atoms with Crippen LogP contribution in [0.25, 0.3) is 32.7 Å². The molecule has 0 N–H and O–H groups in total. The summed E-state index contributed by atoms with van der Waals surface area (Å²) in [7, 11) is 0. The minimum Gasteiger partial charge on any atom is -0.310 e. The van der Waals surface area contributed by atoms with E-state index < -0.39 is 5.41 Å². The normalized spacial score (nSPS) is 12.5. The Morgan fingerprint density at radius 3 is 1.36 bits per heavy atom. The Bertz CT molecular complexity index is 3010. The van der Waals surface area contributed by atoms with Crippen molar-refractivity contribution < 1.29 is 0 Å². The first kappa shape index (κ1) is 34.6. The predicted molar refractivity (Wildman–Crippen MR) is 248 cm³/mol. The van der Waals surface area contributed by atoms with Gasteiger partial charge in [-0.3, -0.25) is 0 Å². The van der Waals surface area contributed by atoms with Crippen LogP contribution in [-0.4, -0.2) is 0 Å². The summed E-state index contributed by atoms with van der Waals surface area (Å²) >= 11 is 0. The summed E-state index contributed by atoms with van der Waals surface area (Å²) in [6.07, 6.45) is 0. The summed E-state index contributed by atoms with van der Waals surface area (Å²) < 4.78 is 0. The number of benzene rings is 10. The lowest BCUT2D eigenvalue weighted by molar-refractivity contribution is 0.769. The lowest BCUT2D eigenvalue weighted by Gasteiger charge is -2.36. The molecule has 0 fully saturated rings. The second kappa shape index (κ2) is 14.4. The molecule has 11 rings (SSSR count). The average molecular weight is 753 g/mol. The summed E-state index contributed by atoms with van der Waals surface area (Å²) in [5.41, 5.74) is 13.6. The van der Waals surface area contributed by atoms with E-state index in [0.717, 1.165) is 34.1 Å². The van der Waals surface area contributed by atoms with Gasteiger partial charge < -0.3 is 9.80 Å². The first-order chi connectivity index (χ1) is 29.3. The van der Waals surface area contributed by atoms with Gasteiger partial charge >= 0.3 is 0 Å². The zero-order valence-electron chi connectivity index (χ0n) is 32.5. The number of rotatable bonds is 8. The Morgan fingerprint density at radius 1 is 0.288 bits per heavy atom. The van der Waals surface area contributed by atoms with Gasteiger partial charge in [0.15, 0.2) is 0 Å². The zero-order chi connectivity index (χ0) is 39.2. The summed E-state index contributed by atoms with van der Waals surface area (Å²) in [5.74, 6) is 0. The molecule has 1 aliphatic carbocycles. The van der Waals surface area contributed by atoms with Gasteiger partial charge in [0.05, 0.1) is 16.8 Å². The Morgan fingerprint density at radius 2 is 0.763 bits per heavy atom. The molecule has 0 amide bonds. The number of anilines is 6. The van der Waals surface area contributed by atoms with Crippen molar-refractivity contribution in [2.75, 3.05) is 9.80 Å². The van der Waals surface area contributed by atoms with Gasteiger partial charge in [0.25, 0.3) is 0 Å². The van der Waals surface area contributed by atoms with E-state index in [4.69, 9.17) is 0 Å². The molecular formula is C57H40N2. The highest BCUT2D eigenvalue weighted by Crippen LogP contribution is 2.60. The molecule has 0 aliphatic heterocycles. The van der Waals surface area contributed by atoms with Crippen molar-refractivity contribution in [1.82, 2.24) is 0 Å². The molecule has 10 aromatic rings. The van der Waals surface area contributed by atoms with Crippen LogP contribution >= 0.6 is 0 Å². The lowest BCUT2D eigenvalue weighted by Crippen LogP contribution is -2.29. The molecule has 0 radical (unpaired) electrons. The molecular weight excluding hydrogens is 713 g/mol. The molecule has 0 unspecified atom stereocenters. The number of nitrogens with zero attached hydrogens (tertiary/aromatic N) is 2. The maximum absolute atomic E-state index is 2.51. The summed E-state index contributed by atoms with van der Waals surface area (Å²) in [6.45, 7) is 0. The van der Waals surface area contributed by atoms with Gasteiger partial charge in [0, 0.05) is 33.5 Å². The third kappa shape index (κ3) is 5.56. The maximum atomic E-state index is 2.51. The molecule has 0 aromatic heterocycles. The number of fused-ring (bicyclic) bond motifs is 6. The van der Waals surface area contributed by atoms with E-state index in [1.165, 1.54) is 54.9 Å². The molecule has 10 aromatic carbocycles. The maximum Gasteiger partial charge on any atom is 0.0715 e. The van der Waals surface area contributed by atoms with Crippen molar-refractivity contribution in [3.63, 3.8) is 0 Å². The van der Waals surface area contributed by atoms with E-state index in [1.54, 1.807) is 0 Å². The quantitative estimate of drug-likeness (QED) is 0.152. The monoisotopic (exact) mass is 752 g/mol. The Labute approximate surface area is 345 Å². The molecule has 0 bridgehead atoms. The first-order valence-electron chi connectivity index (χ1n) is 20.4. The van der Waals surface area contributed by atoms with Crippen molar-refractivity contribution in [1.29, 1.82) is 0 Å². The van der Waals surface area contributed by atoms with Gasteiger partial charge in [-0.15, -0.1) is 0 Å². The molecule has 2 nitrogen and oxygen atoms in total. The van der Waals surface area contributed by atoms with Crippen molar-refractivity contribution in [2.24, 2.45) is 0 Å². The third-order valence-electron chi connectivity index (χ3n) is 12.1. The van der Waals surface area contributed by atoms with Crippen LogP contribution in [0.1, 0.15) is 22.3 Å². The summed E-state index contributed by atoms with van der Waals surface area (Å²) in [4.78, 5) is 4.86. The Balaban J connectivity index is 1.27. The van der Waals surface area contributed by atoms with Crippen molar-refractivity contribution in [2.45, 2.75) is 5.41 Å².